The van der Waals surface area contributed by atoms with E-state index >= 15 is 0 Å². The molecule has 0 aromatic heterocycles. The molecule has 3 heteroatoms. The Morgan fingerprint density at radius 3 is 1.96 bits per heavy atom. The lowest BCUT2D eigenvalue weighted by Gasteiger charge is -2.31. The van der Waals surface area contributed by atoms with Crippen molar-refractivity contribution in [3.05, 3.63) is 71.8 Å². The molecule has 4 atom stereocenters. The van der Waals surface area contributed by atoms with Gasteiger partial charge in [-0.15, -0.1) is 0 Å². The molecule has 25 heavy (non-hydrogen) atoms. The molecule has 2 nitrogen and oxygen atoms in total. The van der Waals surface area contributed by atoms with Gasteiger partial charge < -0.3 is 0 Å². The van der Waals surface area contributed by atoms with Gasteiger partial charge in [0.15, 0.2) is 12.0 Å². The zero-order valence-corrected chi connectivity index (χ0v) is 14.6. The Morgan fingerprint density at radius 2 is 1.52 bits per heavy atom. The van der Waals surface area contributed by atoms with Crippen LogP contribution in [0.5, 0.6) is 0 Å². The van der Waals surface area contributed by atoms with Crippen LogP contribution in [-0.2, 0) is 17.9 Å². The zero-order chi connectivity index (χ0) is 17.4. The fourth-order valence-corrected chi connectivity index (χ4v) is 4.62. The highest BCUT2D eigenvalue weighted by atomic mass is 19.1. The summed E-state index contributed by atoms with van der Waals surface area (Å²) < 4.78 is 15.0. The van der Waals surface area contributed by atoms with E-state index in [2.05, 4.69) is 29.2 Å². The van der Waals surface area contributed by atoms with Crippen molar-refractivity contribution in [1.82, 2.24) is 4.90 Å². The second-order valence-corrected chi connectivity index (χ2v) is 7.45. The number of carbonyl (C=O) groups excluding carboxylic acids is 1. The number of nitrogens with zero attached hydrogens (tertiary/aromatic N) is 1. The summed E-state index contributed by atoms with van der Waals surface area (Å²) in [4.78, 5) is 14.7. The number of ketones is 1. The van der Waals surface area contributed by atoms with E-state index in [4.69, 9.17) is 0 Å². The molecule has 0 amide bonds. The smallest absolute Gasteiger partial charge is 0.174 e. The van der Waals surface area contributed by atoms with Crippen molar-refractivity contribution in [2.24, 2.45) is 11.3 Å². The van der Waals surface area contributed by atoms with Crippen LogP contribution in [0.1, 0.15) is 30.9 Å². The monoisotopic (exact) mass is 337 g/mol. The van der Waals surface area contributed by atoms with E-state index in [0.717, 1.165) is 24.0 Å². The first-order valence-electron chi connectivity index (χ1n) is 9.16. The second-order valence-electron chi connectivity index (χ2n) is 7.45. The molecule has 0 saturated heterocycles. The number of alkyl halides is 1. The van der Waals surface area contributed by atoms with Crippen molar-refractivity contribution in [3.63, 3.8) is 0 Å². The van der Waals surface area contributed by atoms with Crippen LogP contribution < -0.4 is 0 Å². The predicted molar refractivity (Wildman–Crippen MR) is 96.7 cm³/mol. The summed E-state index contributed by atoms with van der Waals surface area (Å²) in [6.45, 7) is 3.36. The molecule has 4 rings (SSSR count). The molecule has 130 valence electrons. The largest absolute Gasteiger partial charge is 0.296 e. The molecule has 2 aromatic carbocycles. The van der Waals surface area contributed by atoms with Crippen molar-refractivity contribution in [1.29, 1.82) is 0 Å². The van der Waals surface area contributed by atoms with E-state index in [0.29, 0.717) is 13.1 Å². The van der Waals surface area contributed by atoms with Gasteiger partial charge in [0, 0.05) is 18.5 Å². The summed E-state index contributed by atoms with van der Waals surface area (Å²) in [5, 5.41) is 0. The summed E-state index contributed by atoms with van der Waals surface area (Å²) in [5.74, 6) is 0.0172. The first kappa shape index (κ1) is 16.5. The van der Waals surface area contributed by atoms with Gasteiger partial charge in [0.05, 0.1) is 6.04 Å². The van der Waals surface area contributed by atoms with Gasteiger partial charge in [-0.1, -0.05) is 67.6 Å². The lowest BCUT2D eigenvalue weighted by molar-refractivity contribution is -0.128. The highest BCUT2D eigenvalue weighted by molar-refractivity contribution is 5.96. The maximum absolute atomic E-state index is 15.0. The van der Waals surface area contributed by atoms with Crippen molar-refractivity contribution >= 4 is 5.78 Å². The van der Waals surface area contributed by atoms with Crippen molar-refractivity contribution in [2.75, 3.05) is 0 Å². The summed E-state index contributed by atoms with van der Waals surface area (Å²) in [6, 6.07) is 20.0. The number of halogens is 1. The topological polar surface area (TPSA) is 20.3 Å². The van der Waals surface area contributed by atoms with E-state index in [-0.39, 0.29) is 23.2 Å². The quantitative estimate of drug-likeness (QED) is 0.779. The molecule has 2 aromatic rings. The molecule has 2 fully saturated rings. The summed E-state index contributed by atoms with van der Waals surface area (Å²) in [7, 11) is 0. The maximum Gasteiger partial charge on any atom is 0.174 e. The Morgan fingerprint density at radius 1 is 1.00 bits per heavy atom. The summed E-state index contributed by atoms with van der Waals surface area (Å²) in [5.41, 5.74) is 1.94. The van der Waals surface area contributed by atoms with Crippen molar-refractivity contribution < 1.29 is 9.18 Å². The number of fused-ring (bicyclic) bond motifs is 1. The van der Waals surface area contributed by atoms with E-state index in [9.17, 15) is 9.18 Å². The third kappa shape index (κ3) is 2.81. The average Bonchev–Trinajstić information content (AvgIpc) is 3.33. The van der Waals surface area contributed by atoms with Gasteiger partial charge in [-0.05, 0) is 29.9 Å². The third-order valence-electron chi connectivity index (χ3n) is 6.10. The van der Waals surface area contributed by atoms with Crippen molar-refractivity contribution in [2.45, 2.75) is 45.1 Å². The fourth-order valence-electron chi connectivity index (χ4n) is 4.62. The molecule has 2 aliphatic carbocycles. The van der Waals surface area contributed by atoms with E-state index in [1.165, 1.54) is 0 Å². The minimum absolute atomic E-state index is 0.156. The third-order valence-corrected chi connectivity index (χ3v) is 6.10. The van der Waals surface area contributed by atoms with Gasteiger partial charge in [-0.3, -0.25) is 9.69 Å². The average molecular weight is 337 g/mol. The highest BCUT2D eigenvalue weighted by Gasteiger charge is 2.71. The number of Topliss-reactive ketones (excluding diaryl/α,β-unsaturated/α-hetero) is 1. The van der Waals surface area contributed by atoms with E-state index in [1.54, 1.807) is 0 Å². The van der Waals surface area contributed by atoms with Crippen LogP contribution >= 0.6 is 0 Å². The van der Waals surface area contributed by atoms with Crippen LogP contribution in [0.4, 0.5) is 4.39 Å². The molecule has 0 N–H and O–H groups in total. The van der Waals surface area contributed by atoms with Crippen molar-refractivity contribution in [3.8, 4) is 0 Å². The van der Waals surface area contributed by atoms with Gasteiger partial charge in [0.1, 0.15) is 0 Å². The number of benzene rings is 2. The zero-order valence-electron chi connectivity index (χ0n) is 14.6. The van der Waals surface area contributed by atoms with E-state index < -0.39 is 6.17 Å². The predicted octanol–water partition coefficient (Wildman–Crippen LogP) is 4.39. The first-order chi connectivity index (χ1) is 12.2. The molecular formula is C22H24FNO. The summed E-state index contributed by atoms with van der Waals surface area (Å²) >= 11 is 0. The van der Waals surface area contributed by atoms with Gasteiger partial charge in [-0.2, -0.15) is 0 Å². The Labute approximate surface area is 148 Å². The Bertz CT molecular complexity index is 706. The molecule has 0 unspecified atom stereocenters. The molecule has 0 aliphatic heterocycles. The Balaban J connectivity index is 1.62. The van der Waals surface area contributed by atoms with E-state index in [1.807, 2.05) is 43.3 Å². The van der Waals surface area contributed by atoms with Gasteiger partial charge in [0.25, 0.3) is 0 Å². The molecule has 0 bridgehead atoms. The van der Waals surface area contributed by atoms with Crippen LogP contribution in [0.2, 0.25) is 0 Å². The molecule has 2 saturated carbocycles. The van der Waals surface area contributed by atoms with Crippen LogP contribution in [-0.4, -0.2) is 22.9 Å². The number of carbonyl (C=O) groups is 1. The standard InChI is InChI=1S/C22H24FNO/c1-2-22-13-18(22)20(19(23)21(22)25)24(14-16-9-5-3-6-10-16)15-17-11-7-4-8-12-17/h3-12,18-20H,2,13-15H2,1H3/t18-,19+,20-,22-/m1/s1. The highest BCUT2D eigenvalue weighted by Crippen LogP contribution is 2.65. The molecule has 0 radical (unpaired) electrons. The number of hydrogen-bond acceptors (Lipinski definition) is 2. The SMILES string of the molecule is CC[C@@]12C[C@@H]1[C@@H](N(Cc1ccccc1)Cc1ccccc1)[C@H](F)C2=O. The first-order valence-corrected chi connectivity index (χ1v) is 9.16. The second kappa shape index (κ2) is 6.38. The fraction of sp³-hybridized carbons (Fsp3) is 0.409. The Kier molecular flexibility index (Phi) is 4.20. The minimum atomic E-state index is -1.36. The maximum atomic E-state index is 15.0. The van der Waals surface area contributed by atoms with Gasteiger partial charge in [0.2, 0.25) is 0 Å². The van der Waals surface area contributed by atoms with Gasteiger partial charge >= 0.3 is 0 Å². The summed E-state index contributed by atoms with van der Waals surface area (Å²) in [6.07, 6.45) is 0.261. The number of hydrogen-bond donors (Lipinski definition) is 0. The van der Waals surface area contributed by atoms with Crippen LogP contribution in [0.25, 0.3) is 0 Å². The van der Waals surface area contributed by atoms with Crippen LogP contribution in [0.15, 0.2) is 60.7 Å². The van der Waals surface area contributed by atoms with Gasteiger partial charge in [-0.25, -0.2) is 4.39 Å². The normalized spacial score (nSPS) is 30.5. The van der Waals surface area contributed by atoms with Crippen LogP contribution in [0, 0.1) is 11.3 Å². The molecular weight excluding hydrogens is 313 g/mol. The lowest BCUT2D eigenvalue weighted by atomic mass is 9.99. The van der Waals surface area contributed by atoms with Crippen LogP contribution in [0.3, 0.4) is 0 Å². The molecule has 0 spiro atoms. The Hall–Kier alpha value is -2.00. The number of rotatable bonds is 6. The molecule has 2 aliphatic rings. The molecule has 0 heterocycles. The lowest BCUT2D eigenvalue weighted by Crippen LogP contribution is -2.42. The minimum Gasteiger partial charge on any atom is -0.296 e.